The van der Waals surface area contributed by atoms with Crippen molar-refractivity contribution in [2.24, 2.45) is 7.05 Å². The Morgan fingerprint density at radius 1 is 1.33 bits per heavy atom. The van der Waals surface area contributed by atoms with Crippen molar-refractivity contribution in [1.82, 2.24) is 20.2 Å². The van der Waals surface area contributed by atoms with Gasteiger partial charge in [-0.2, -0.15) is 0 Å². The Kier molecular flexibility index (Phi) is 4.23. The van der Waals surface area contributed by atoms with Crippen molar-refractivity contribution in [3.05, 3.63) is 47.6 Å². The lowest BCUT2D eigenvalue weighted by atomic mass is 10.1. The Balaban J connectivity index is 1.78. The molecule has 2 heterocycles. The van der Waals surface area contributed by atoms with Crippen LogP contribution in [0.4, 0.5) is 4.39 Å². The van der Waals surface area contributed by atoms with Gasteiger partial charge in [0.15, 0.2) is 0 Å². The molecule has 0 spiro atoms. The van der Waals surface area contributed by atoms with E-state index in [1.807, 2.05) is 0 Å². The van der Waals surface area contributed by atoms with Gasteiger partial charge in [0.05, 0.1) is 13.2 Å². The van der Waals surface area contributed by atoms with Gasteiger partial charge in [-0.3, -0.25) is 0 Å². The topological polar surface area (TPSA) is 92.3 Å². The first kappa shape index (κ1) is 15.7. The minimum absolute atomic E-state index is 0.0608. The monoisotopic (exact) mass is 332 g/mol. The van der Waals surface area contributed by atoms with Crippen LogP contribution in [0.2, 0.25) is 0 Å². The summed E-state index contributed by atoms with van der Waals surface area (Å²) in [5, 5.41) is 11.6. The third kappa shape index (κ3) is 3.09. The van der Waals surface area contributed by atoms with Gasteiger partial charge in [-0.15, -0.1) is 5.10 Å². The normalized spacial score (nSPS) is 10.6. The average molecular weight is 332 g/mol. The standard InChI is InChI=1S/C15H13FN4O4/c1-20-11(8-23-13-7-12(24-18-13)15(21)22-2)14(17-19-20)9-3-5-10(16)6-4-9/h3-7H,8H2,1-2H3. The summed E-state index contributed by atoms with van der Waals surface area (Å²) in [5.74, 6) is -0.916. The maximum atomic E-state index is 13.1. The summed E-state index contributed by atoms with van der Waals surface area (Å²) in [6.07, 6.45) is 0. The van der Waals surface area contributed by atoms with Crippen LogP contribution in [0.3, 0.4) is 0 Å². The molecular formula is C15H13FN4O4. The predicted octanol–water partition coefficient (Wildman–Crippen LogP) is 1.97. The van der Waals surface area contributed by atoms with Crippen LogP contribution in [0.25, 0.3) is 11.3 Å². The van der Waals surface area contributed by atoms with Gasteiger partial charge in [-0.1, -0.05) is 5.21 Å². The van der Waals surface area contributed by atoms with Crippen molar-refractivity contribution in [2.75, 3.05) is 7.11 Å². The number of hydrogen-bond donors (Lipinski definition) is 0. The Morgan fingerprint density at radius 3 is 2.79 bits per heavy atom. The highest BCUT2D eigenvalue weighted by atomic mass is 19.1. The summed E-state index contributed by atoms with van der Waals surface area (Å²) >= 11 is 0. The molecule has 0 radical (unpaired) electrons. The van der Waals surface area contributed by atoms with Gasteiger partial charge in [0.2, 0.25) is 5.76 Å². The second kappa shape index (κ2) is 6.49. The zero-order chi connectivity index (χ0) is 17.1. The molecular weight excluding hydrogens is 319 g/mol. The highest BCUT2D eigenvalue weighted by molar-refractivity contribution is 5.86. The van der Waals surface area contributed by atoms with Crippen molar-refractivity contribution in [3.63, 3.8) is 0 Å². The van der Waals surface area contributed by atoms with E-state index in [1.54, 1.807) is 23.9 Å². The molecule has 124 valence electrons. The van der Waals surface area contributed by atoms with Gasteiger partial charge in [-0.25, -0.2) is 13.9 Å². The van der Waals surface area contributed by atoms with E-state index in [-0.39, 0.29) is 24.1 Å². The quantitative estimate of drug-likeness (QED) is 0.660. The molecule has 0 atom stereocenters. The minimum atomic E-state index is -0.647. The first-order valence-electron chi connectivity index (χ1n) is 6.91. The van der Waals surface area contributed by atoms with E-state index in [2.05, 4.69) is 20.2 Å². The molecule has 0 unspecified atom stereocenters. The zero-order valence-electron chi connectivity index (χ0n) is 12.9. The molecule has 0 fully saturated rings. The molecule has 0 aliphatic heterocycles. The number of hydrogen-bond acceptors (Lipinski definition) is 7. The lowest BCUT2D eigenvalue weighted by Gasteiger charge is -2.05. The summed E-state index contributed by atoms with van der Waals surface area (Å²) in [5.41, 5.74) is 1.93. The minimum Gasteiger partial charge on any atom is -0.469 e. The van der Waals surface area contributed by atoms with Crippen LogP contribution in [0.1, 0.15) is 16.2 Å². The van der Waals surface area contributed by atoms with Crippen LogP contribution >= 0.6 is 0 Å². The Morgan fingerprint density at radius 2 is 2.08 bits per heavy atom. The fraction of sp³-hybridized carbons (Fsp3) is 0.200. The SMILES string of the molecule is COC(=O)c1cc(OCc2c(-c3ccc(F)cc3)nnn2C)no1. The van der Waals surface area contributed by atoms with Crippen LogP contribution in [0, 0.1) is 5.82 Å². The molecule has 3 aromatic rings. The molecule has 0 amide bonds. The molecule has 0 saturated heterocycles. The number of carbonyl (C=O) groups excluding carboxylic acids is 1. The summed E-state index contributed by atoms with van der Waals surface area (Å²) in [6.45, 7) is 0.0867. The molecule has 3 rings (SSSR count). The number of methoxy groups -OCH3 is 1. The largest absolute Gasteiger partial charge is 0.469 e. The third-order valence-electron chi connectivity index (χ3n) is 3.29. The van der Waals surface area contributed by atoms with Crippen molar-refractivity contribution >= 4 is 5.97 Å². The number of nitrogens with zero attached hydrogens (tertiary/aromatic N) is 4. The molecule has 0 aliphatic rings. The van der Waals surface area contributed by atoms with E-state index in [0.29, 0.717) is 17.0 Å². The van der Waals surface area contributed by atoms with E-state index in [4.69, 9.17) is 9.26 Å². The van der Waals surface area contributed by atoms with Gasteiger partial charge in [0.25, 0.3) is 5.88 Å². The van der Waals surface area contributed by atoms with Gasteiger partial charge >= 0.3 is 5.97 Å². The third-order valence-corrected chi connectivity index (χ3v) is 3.29. The number of rotatable bonds is 5. The number of carbonyl (C=O) groups is 1. The van der Waals surface area contributed by atoms with Gasteiger partial charge < -0.3 is 14.0 Å². The van der Waals surface area contributed by atoms with Crippen molar-refractivity contribution in [3.8, 4) is 17.1 Å². The molecule has 0 saturated carbocycles. The Bertz CT molecular complexity index is 857. The Hall–Kier alpha value is -3.23. The number of benzene rings is 1. The predicted molar refractivity (Wildman–Crippen MR) is 78.6 cm³/mol. The summed E-state index contributed by atoms with van der Waals surface area (Å²) in [6, 6.07) is 7.22. The van der Waals surface area contributed by atoms with E-state index in [9.17, 15) is 9.18 Å². The molecule has 0 aliphatic carbocycles. The van der Waals surface area contributed by atoms with E-state index in [0.717, 1.165) is 0 Å². The summed E-state index contributed by atoms with van der Waals surface area (Å²) in [7, 11) is 2.95. The molecule has 24 heavy (non-hydrogen) atoms. The first-order chi connectivity index (χ1) is 11.6. The molecule has 0 bridgehead atoms. The second-order valence-corrected chi connectivity index (χ2v) is 4.82. The number of esters is 1. The highest BCUT2D eigenvalue weighted by Gasteiger charge is 2.17. The first-order valence-corrected chi connectivity index (χ1v) is 6.91. The van der Waals surface area contributed by atoms with Gasteiger partial charge in [0.1, 0.15) is 23.8 Å². The molecule has 1 aromatic carbocycles. The smallest absolute Gasteiger partial charge is 0.377 e. The maximum Gasteiger partial charge on any atom is 0.377 e. The van der Waals surface area contributed by atoms with Crippen LogP contribution in [-0.2, 0) is 18.4 Å². The number of ether oxygens (including phenoxy) is 2. The van der Waals surface area contributed by atoms with Crippen LogP contribution in [0.5, 0.6) is 5.88 Å². The second-order valence-electron chi connectivity index (χ2n) is 4.82. The summed E-state index contributed by atoms with van der Waals surface area (Å²) < 4.78 is 29.4. The number of halogens is 1. The van der Waals surface area contributed by atoms with Crippen LogP contribution < -0.4 is 4.74 Å². The van der Waals surface area contributed by atoms with E-state index in [1.165, 1.54) is 25.3 Å². The molecule has 9 heteroatoms. The number of aryl methyl sites for hydroxylation is 1. The van der Waals surface area contributed by atoms with Gasteiger partial charge in [0, 0.05) is 12.6 Å². The zero-order valence-corrected chi connectivity index (χ0v) is 12.9. The average Bonchev–Trinajstić information content (AvgIpc) is 3.20. The highest BCUT2D eigenvalue weighted by Crippen LogP contribution is 2.22. The lowest BCUT2D eigenvalue weighted by Crippen LogP contribution is -2.04. The maximum absolute atomic E-state index is 13.1. The molecule has 0 N–H and O–H groups in total. The van der Waals surface area contributed by atoms with Crippen molar-refractivity contribution in [2.45, 2.75) is 6.61 Å². The fourth-order valence-electron chi connectivity index (χ4n) is 2.04. The van der Waals surface area contributed by atoms with Crippen molar-refractivity contribution < 1.29 is 23.2 Å². The molecule has 2 aromatic heterocycles. The molecule has 8 nitrogen and oxygen atoms in total. The van der Waals surface area contributed by atoms with Gasteiger partial charge in [-0.05, 0) is 29.4 Å². The number of aromatic nitrogens is 4. The fourth-order valence-corrected chi connectivity index (χ4v) is 2.04. The summed E-state index contributed by atoms with van der Waals surface area (Å²) in [4.78, 5) is 11.3. The van der Waals surface area contributed by atoms with E-state index < -0.39 is 5.97 Å². The lowest BCUT2D eigenvalue weighted by molar-refractivity contribution is 0.0554. The van der Waals surface area contributed by atoms with Crippen molar-refractivity contribution in [1.29, 1.82) is 0 Å². The Labute approximate surface area is 135 Å². The van der Waals surface area contributed by atoms with E-state index >= 15 is 0 Å². The van der Waals surface area contributed by atoms with Crippen LogP contribution in [0.15, 0.2) is 34.9 Å². The van der Waals surface area contributed by atoms with Crippen LogP contribution in [-0.4, -0.2) is 33.2 Å².